The summed E-state index contributed by atoms with van der Waals surface area (Å²) in [6, 6.07) is 25.8. The number of rotatable bonds is 13. The van der Waals surface area contributed by atoms with E-state index in [1.807, 2.05) is 0 Å². The van der Waals surface area contributed by atoms with E-state index in [1.165, 1.54) is 43.6 Å². The first-order chi connectivity index (χ1) is 21.3. The van der Waals surface area contributed by atoms with Crippen molar-refractivity contribution in [2.75, 3.05) is 13.2 Å². The van der Waals surface area contributed by atoms with Crippen LogP contribution >= 0.6 is 28.5 Å². The van der Waals surface area contributed by atoms with E-state index < -0.39 is 16.6 Å². The minimum absolute atomic E-state index is 0.739. The van der Waals surface area contributed by atoms with E-state index in [2.05, 4.69) is 154 Å². The van der Waals surface area contributed by atoms with Crippen molar-refractivity contribution in [1.82, 2.24) is 0 Å². The van der Waals surface area contributed by atoms with Crippen LogP contribution in [-0.2, 0) is 19.7 Å². The Bertz CT molecular complexity index is 1500. The third kappa shape index (κ3) is 12.6. The van der Waals surface area contributed by atoms with Crippen molar-refractivity contribution in [1.29, 1.82) is 0 Å². The summed E-state index contributed by atoms with van der Waals surface area (Å²) in [6.07, 6.45) is 3.44. The van der Waals surface area contributed by atoms with Gasteiger partial charge in [0.2, 0.25) is 0 Å². The van der Waals surface area contributed by atoms with E-state index in [1.54, 1.807) is 0 Å². The molecule has 0 heterocycles. The van der Waals surface area contributed by atoms with Gasteiger partial charge in [-0.15, -0.1) is 0 Å². The molecule has 0 unspecified atom stereocenters. The molecule has 0 bridgehead atoms. The molecular weight excluding hydrogens is 767 g/mol. The SMILES string of the molecule is Cc1ccc2ccccc2c1N=C(CCCO[Si](C)(C)C)C(CCCO[Si](C)(C)C)=Nc1c(C)ccc2ccccc12.[Br][Ni][Br]. The van der Waals surface area contributed by atoms with Crippen LogP contribution in [0.25, 0.3) is 21.5 Å². The van der Waals surface area contributed by atoms with Crippen LogP contribution in [0.3, 0.4) is 0 Å². The monoisotopic (exact) mass is 812 g/mol. The Kier molecular flexibility index (Phi) is 15.4. The molecule has 0 amide bonds. The number of nitrogens with zero attached hydrogens (tertiary/aromatic N) is 2. The van der Waals surface area contributed by atoms with Gasteiger partial charge in [0.15, 0.2) is 16.6 Å². The van der Waals surface area contributed by atoms with Crippen molar-refractivity contribution in [3.8, 4) is 0 Å². The molecule has 4 nitrogen and oxygen atoms in total. The van der Waals surface area contributed by atoms with Gasteiger partial charge < -0.3 is 8.85 Å². The first kappa shape index (κ1) is 38.0. The van der Waals surface area contributed by atoms with Gasteiger partial charge >= 0.3 is 39.3 Å². The number of hydrogen-bond acceptors (Lipinski definition) is 4. The summed E-state index contributed by atoms with van der Waals surface area (Å²) in [5, 5.41) is 4.76. The van der Waals surface area contributed by atoms with Gasteiger partial charge in [0, 0.05) is 24.0 Å². The molecule has 0 saturated carbocycles. The Labute approximate surface area is 293 Å². The fraction of sp³-hybridized carbons (Fsp3) is 0.389. The fourth-order valence-electron chi connectivity index (χ4n) is 5.06. The van der Waals surface area contributed by atoms with Crippen LogP contribution in [0.4, 0.5) is 11.4 Å². The number of aliphatic imine (C=N–C) groups is 2. The molecule has 45 heavy (non-hydrogen) atoms. The number of fused-ring (bicyclic) bond motifs is 2. The second-order valence-electron chi connectivity index (χ2n) is 13.2. The Morgan fingerprint density at radius 3 is 1.31 bits per heavy atom. The van der Waals surface area contributed by atoms with E-state index in [4.69, 9.17) is 18.8 Å². The standard InChI is InChI=1S/C36H48N2O2Si2.2BrH.Ni/c1-27-21-23-29-15-9-11-17-31(29)35(27)37-33(19-13-25-39-41(3,4)5)34(20-14-26-40-42(6,7)8)38-36-28(2)22-24-30-16-10-12-18-32(30)36;;;/h9-12,15-18,21-24H,13-14,19-20,25-26H2,1-8H3;2*1H;/q;;;+2/p-2. The van der Waals surface area contributed by atoms with Gasteiger partial charge in [-0.25, -0.2) is 0 Å². The van der Waals surface area contributed by atoms with Crippen LogP contribution in [0.5, 0.6) is 0 Å². The van der Waals surface area contributed by atoms with E-state index in [-0.39, 0.29) is 0 Å². The molecule has 0 saturated heterocycles. The van der Waals surface area contributed by atoms with Gasteiger partial charge in [-0.3, -0.25) is 9.98 Å². The van der Waals surface area contributed by atoms with Crippen molar-refractivity contribution in [3.05, 3.63) is 83.9 Å². The van der Waals surface area contributed by atoms with Gasteiger partial charge in [0.25, 0.3) is 0 Å². The van der Waals surface area contributed by atoms with Crippen LogP contribution in [0.1, 0.15) is 36.8 Å². The Hall–Kier alpha value is -1.45. The first-order valence-electron chi connectivity index (χ1n) is 15.6. The Balaban J connectivity index is 0.00000177. The molecule has 0 aliphatic carbocycles. The molecule has 4 aromatic carbocycles. The average molecular weight is 815 g/mol. The molecule has 0 atom stereocenters. The molecule has 0 radical (unpaired) electrons. The van der Waals surface area contributed by atoms with Crippen molar-refractivity contribution >= 4 is 89.4 Å². The molecule has 4 rings (SSSR count). The topological polar surface area (TPSA) is 43.2 Å². The summed E-state index contributed by atoms with van der Waals surface area (Å²) in [4.78, 5) is 10.9. The zero-order chi connectivity index (χ0) is 33.0. The molecule has 0 fully saturated rings. The van der Waals surface area contributed by atoms with Gasteiger partial charge in [-0.05, 0) is 101 Å². The normalized spacial score (nSPS) is 12.9. The molecule has 0 aromatic heterocycles. The Morgan fingerprint density at radius 2 is 0.956 bits per heavy atom. The number of halogens is 2. The van der Waals surface area contributed by atoms with E-state index in [0.29, 0.717) is 0 Å². The van der Waals surface area contributed by atoms with Gasteiger partial charge in [0.05, 0.1) is 22.8 Å². The van der Waals surface area contributed by atoms with Crippen LogP contribution in [0.15, 0.2) is 82.8 Å². The summed E-state index contributed by atoms with van der Waals surface area (Å²) in [7, 11) is -1.95. The first-order valence-corrected chi connectivity index (χ1v) is 27.3. The van der Waals surface area contributed by atoms with Crippen LogP contribution in [-0.4, -0.2) is 41.3 Å². The summed E-state index contributed by atoms with van der Waals surface area (Å²) in [5.41, 5.74) is 6.52. The maximum atomic E-state index is 6.26. The van der Waals surface area contributed by atoms with E-state index >= 15 is 0 Å². The molecule has 246 valence electrons. The molecular formula is C36H48Br2N2NiO2Si2. The van der Waals surface area contributed by atoms with Gasteiger partial charge in [-0.1, -0.05) is 72.8 Å². The van der Waals surface area contributed by atoms with Crippen molar-refractivity contribution in [3.63, 3.8) is 0 Å². The van der Waals surface area contributed by atoms with E-state index in [0.717, 1.165) is 61.7 Å². The third-order valence-corrected chi connectivity index (χ3v) is 9.36. The molecule has 0 aliphatic heterocycles. The predicted octanol–water partition coefficient (Wildman–Crippen LogP) is 12.4. The second kappa shape index (κ2) is 18.2. The van der Waals surface area contributed by atoms with E-state index in [9.17, 15) is 0 Å². The van der Waals surface area contributed by atoms with Crippen molar-refractivity contribution < 1.29 is 19.7 Å². The number of aryl methyl sites for hydroxylation is 2. The van der Waals surface area contributed by atoms with Crippen molar-refractivity contribution in [2.24, 2.45) is 9.98 Å². The summed E-state index contributed by atoms with van der Waals surface area (Å²) >= 11 is 6.00. The zero-order valence-electron chi connectivity index (χ0n) is 28.0. The van der Waals surface area contributed by atoms with Crippen LogP contribution < -0.4 is 0 Å². The van der Waals surface area contributed by atoms with Gasteiger partial charge in [0.1, 0.15) is 0 Å². The van der Waals surface area contributed by atoms with Crippen LogP contribution in [0.2, 0.25) is 39.3 Å². The molecule has 0 aliphatic rings. The average Bonchev–Trinajstić information content (AvgIpc) is 2.98. The molecule has 4 aromatic rings. The minimum atomic E-state index is -1.60. The summed E-state index contributed by atoms with van der Waals surface area (Å²) in [6.45, 7) is 19.3. The molecule has 9 heteroatoms. The Morgan fingerprint density at radius 1 is 0.600 bits per heavy atom. The van der Waals surface area contributed by atoms with Crippen molar-refractivity contribution in [2.45, 2.75) is 78.8 Å². The zero-order valence-corrected chi connectivity index (χ0v) is 34.1. The molecule has 0 spiro atoms. The fourth-order valence-corrected chi connectivity index (χ4v) is 6.57. The summed E-state index contributed by atoms with van der Waals surface area (Å²) < 4.78 is 12.5. The number of hydrogen-bond donors (Lipinski definition) is 0. The van der Waals surface area contributed by atoms with Gasteiger partial charge in [-0.2, -0.15) is 0 Å². The van der Waals surface area contributed by atoms with Crippen LogP contribution in [0, 0.1) is 13.8 Å². The number of benzene rings is 4. The quantitative estimate of drug-likeness (QED) is 0.0766. The summed E-state index contributed by atoms with van der Waals surface area (Å²) in [5.74, 6) is 0. The maximum absolute atomic E-state index is 6.26. The second-order valence-corrected chi connectivity index (χ2v) is 27.2. The molecule has 0 N–H and O–H groups in total. The predicted molar refractivity (Wildman–Crippen MR) is 206 cm³/mol. The third-order valence-electron chi connectivity index (χ3n) is 7.22.